The van der Waals surface area contributed by atoms with Crippen molar-refractivity contribution in [1.82, 2.24) is 29.2 Å². The van der Waals surface area contributed by atoms with Crippen molar-refractivity contribution in [2.45, 2.75) is 26.2 Å². The number of anilines is 1. The van der Waals surface area contributed by atoms with Crippen molar-refractivity contribution < 1.29 is 22.5 Å². The predicted octanol–water partition coefficient (Wildman–Crippen LogP) is 2.05. The normalized spacial score (nSPS) is 11.8. The number of hydrogen-bond donors (Lipinski definition) is 2. The lowest BCUT2D eigenvalue weighted by Gasteiger charge is -2.11. The van der Waals surface area contributed by atoms with E-state index < -0.39 is 35.6 Å². The molecule has 0 aliphatic rings. The molecule has 0 bridgehead atoms. The predicted molar refractivity (Wildman–Crippen MR) is 111 cm³/mol. The smallest absolute Gasteiger partial charge is 0.361 e. The Labute approximate surface area is 189 Å². The number of carbonyl (C=O) groups excluding carboxylic acids is 1. The standard InChI is InChI=1S/C18H13BrF3N7O4/c1-8-4-9(27-33-8)5-29-16(31)13-15(26-17(29)32)23-7-28(13)6-12(30)24-11-3-2-10(19)14(25-11)18(20,21)22/h2-4,7H,5-6H2,1H3,(H,26,32)(H,24,25,30). The molecule has 0 unspecified atom stereocenters. The van der Waals surface area contributed by atoms with Crippen LogP contribution in [0, 0.1) is 6.92 Å². The van der Waals surface area contributed by atoms with Crippen LogP contribution in [0.3, 0.4) is 0 Å². The first-order valence-electron chi connectivity index (χ1n) is 9.16. The number of aryl methyl sites for hydroxylation is 1. The summed E-state index contributed by atoms with van der Waals surface area (Å²) in [4.78, 5) is 47.4. The third kappa shape index (κ3) is 4.57. The van der Waals surface area contributed by atoms with Gasteiger partial charge in [-0.2, -0.15) is 13.2 Å². The lowest BCUT2D eigenvalue weighted by Crippen LogP contribution is -2.36. The second-order valence-corrected chi connectivity index (χ2v) is 7.75. The van der Waals surface area contributed by atoms with Crippen molar-refractivity contribution in [1.29, 1.82) is 0 Å². The highest BCUT2D eigenvalue weighted by molar-refractivity contribution is 9.10. The molecule has 0 fully saturated rings. The Balaban J connectivity index is 1.62. The molecule has 15 heteroatoms. The van der Waals surface area contributed by atoms with Gasteiger partial charge in [0.25, 0.3) is 5.56 Å². The summed E-state index contributed by atoms with van der Waals surface area (Å²) >= 11 is 2.77. The van der Waals surface area contributed by atoms with Crippen LogP contribution in [-0.4, -0.2) is 35.1 Å². The van der Waals surface area contributed by atoms with Crippen LogP contribution >= 0.6 is 15.9 Å². The van der Waals surface area contributed by atoms with Crippen LogP contribution in [0.5, 0.6) is 0 Å². The monoisotopic (exact) mass is 527 g/mol. The fourth-order valence-corrected chi connectivity index (χ4v) is 3.50. The van der Waals surface area contributed by atoms with Gasteiger partial charge in [0.15, 0.2) is 16.9 Å². The molecule has 0 spiro atoms. The second-order valence-electron chi connectivity index (χ2n) is 6.89. The number of rotatable bonds is 5. The van der Waals surface area contributed by atoms with Crippen LogP contribution in [0.4, 0.5) is 19.0 Å². The summed E-state index contributed by atoms with van der Waals surface area (Å²) in [5.41, 5.74) is -2.46. The summed E-state index contributed by atoms with van der Waals surface area (Å²) in [6.45, 7) is 1.00. The Hall–Kier alpha value is -3.75. The molecule has 0 saturated heterocycles. The number of H-pyrrole nitrogens is 1. The molecule has 0 saturated carbocycles. The molecule has 0 aliphatic carbocycles. The van der Waals surface area contributed by atoms with E-state index in [0.29, 0.717) is 11.5 Å². The number of nitrogens with one attached hydrogen (secondary N) is 2. The molecule has 0 atom stereocenters. The van der Waals surface area contributed by atoms with Gasteiger partial charge in [0.05, 0.1) is 12.9 Å². The van der Waals surface area contributed by atoms with Gasteiger partial charge in [-0.25, -0.2) is 14.8 Å². The van der Waals surface area contributed by atoms with Crippen molar-refractivity contribution in [3.63, 3.8) is 0 Å². The molecule has 4 rings (SSSR count). The largest absolute Gasteiger partial charge is 0.434 e. The number of alkyl halides is 3. The minimum atomic E-state index is -4.72. The maximum Gasteiger partial charge on any atom is 0.434 e. The Morgan fingerprint density at radius 3 is 2.73 bits per heavy atom. The summed E-state index contributed by atoms with van der Waals surface area (Å²) in [5.74, 6) is -0.596. The molecular formula is C18H13BrF3N7O4. The highest BCUT2D eigenvalue weighted by Crippen LogP contribution is 2.34. The van der Waals surface area contributed by atoms with E-state index >= 15 is 0 Å². The van der Waals surface area contributed by atoms with Crippen molar-refractivity contribution in [2.75, 3.05) is 5.32 Å². The number of halogens is 4. The number of pyridine rings is 1. The van der Waals surface area contributed by atoms with E-state index in [4.69, 9.17) is 4.52 Å². The van der Waals surface area contributed by atoms with Gasteiger partial charge in [0.1, 0.15) is 23.8 Å². The average Bonchev–Trinajstić information content (AvgIpc) is 3.31. The summed E-state index contributed by atoms with van der Waals surface area (Å²) in [5, 5.41) is 5.99. The van der Waals surface area contributed by atoms with Crippen LogP contribution in [0.25, 0.3) is 11.2 Å². The molecule has 4 aromatic heterocycles. The number of aromatic nitrogens is 6. The van der Waals surface area contributed by atoms with Gasteiger partial charge >= 0.3 is 11.9 Å². The molecule has 11 nitrogen and oxygen atoms in total. The highest BCUT2D eigenvalue weighted by Gasteiger charge is 2.35. The lowest BCUT2D eigenvalue weighted by atomic mass is 10.3. The fraction of sp³-hybridized carbons (Fsp3) is 0.222. The minimum Gasteiger partial charge on any atom is -0.361 e. The Morgan fingerprint density at radius 1 is 1.30 bits per heavy atom. The molecule has 0 radical (unpaired) electrons. The van der Waals surface area contributed by atoms with E-state index in [1.165, 1.54) is 6.07 Å². The summed E-state index contributed by atoms with van der Waals surface area (Å²) < 4.78 is 45.8. The molecule has 1 amide bonds. The summed E-state index contributed by atoms with van der Waals surface area (Å²) in [6, 6.07) is 3.85. The number of nitrogens with zero attached hydrogens (tertiary/aromatic N) is 5. The van der Waals surface area contributed by atoms with Gasteiger partial charge in [-0.3, -0.25) is 19.1 Å². The van der Waals surface area contributed by atoms with Crippen molar-refractivity contribution in [3.8, 4) is 0 Å². The fourth-order valence-electron chi connectivity index (χ4n) is 3.05. The molecule has 0 aliphatic heterocycles. The Kier molecular flexibility index (Phi) is 5.65. The van der Waals surface area contributed by atoms with Crippen molar-refractivity contribution in [2.24, 2.45) is 0 Å². The van der Waals surface area contributed by atoms with Gasteiger partial charge < -0.3 is 14.4 Å². The number of amides is 1. The van der Waals surface area contributed by atoms with E-state index in [9.17, 15) is 27.6 Å². The molecule has 172 valence electrons. The topological polar surface area (TPSA) is 141 Å². The maximum atomic E-state index is 13.0. The van der Waals surface area contributed by atoms with Crippen molar-refractivity contribution >= 4 is 38.8 Å². The number of hydrogen-bond acceptors (Lipinski definition) is 7. The van der Waals surface area contributed by atoms with Crippen LogP contribution in [0.2, 0.25) is 0 Å². The van der Waals surface area contributed by atoms with Crippen molar-refractivity contribution in [3.05, 3.63) is 67.0 Å². The zero-order chi connectivity index (χ0) is 23.9. The van der Waals surface area contributed by atoms with Gasteiger partial charge in [-0.15, -0.1) is 0 Å². The van der Waals surface area contributed by atoms with E-state index in [2.05, 4.69) is 41.4 Å². The first-order chi connectivity index (χ1) is 15.5. The quantitative estimate of drug-likeness (QED) is 0.404. The zero-order valence-corrected chi connectivity index (χ0v) is 18.2. The highest BCUT2D eigenvalue weighted by atomic mass is 79.9. The first-order valence-corrected chi connectivity index (χ1v) is 9.96. The van der Waals surface area contributed by atoms with Crippen LogP contribution in [0.1, 0.15) is 17.1 Å². The summed E-state index contributed by atoms with van der Waals surface area (Å²) in [7, 11) is 0. The Bertz CT molecular complexity index is 1480. The van der Waals surface area contributed by atoms with Gasteiger partial charge in [-0.1, -0.05) is 5.16 Å². The first kappa shape index (κ1) is 22.4. The van der Waals surface area contributed by atoms with E-state index in [0.717, 1.165) is 21.5 Å². The zero-order valence-electron chi connectivity index (χ0n) is 16.6. The van der Waals surface area contributed by atoms with Crippen LogP contribution in [0.15, 0.2) is 43.1 Å². The van der Waals surface area contributed by atoms with Gasteiger partial charge in [0, 0.05) is 10.5 Å². The molecule has 33 heavy (non-hydrogen) atoms. The van der Waals surface area contributed by atoms with Crippen LogP contribution in [-0.2, 0) is 24.1 Å². The SMILES string of the molecule is Cc1cc(Cn2c(=O)[nH]c3ncn(CC(=O)Nc4ccc(Br)c(C(F)(F)F)n4)c3c2=O)no1. The molecule has 2 N–H and O–H groups in total. The third-order valence-corrected chi connectivity index (χ3v) is 5.09. The Morgan fingerprint density at radius 2 is 2.06 bits per heavy atom. The van der Waals surface area contributed by atoms with E-state index in [1.54, 1.807) is 13.0 Å². The minimum absolute atomic E-state index is 0.0495. The summed E-state index contributed by atoms with van der Waals surface area (Å²) in [6.07, 6.45) is -3.57. The van der Waals surface area contributed by atoms with E-state index in [1.807, 2.05) is 0 Å². The second kappa shape index (κ2) is 8.31. The number of carbonyl (C=O) groups is 1. The molecule has 4 heterocycles. The lowest BCUT2D eigenvalue weighted by molar-refractivity contribution is -0.141. The van der Waals surface area contributed by atoms with Crippen LogP contribution < -0.4 is 16.6 Å². The number of fused-ring (bicyclic) bond motifs is 1. The maximum absolute atomic E-state index is 13.0. The number of aromatic amines is 1. The third-order valence-electron chi connectivity index (χ3n) is 4.45. The number of imidazole rings is 1. The molecule has 0 aromatic carbocycles. The van der Waals surface area contributed by atoms with Gasteiger partial charge in [-0.05, 0) is 35.0 Å². The van der Waals surface area contributed by atoms with E-state index in [-0.39, 0.29) is 28.0 Å². The van der Waals surface area contributed by atoms with Gasteiger partial charge in [0.2, 0.25) is 5.91 Å². The molecular weight excluding hydrogens is 515 g/mol. The average molecular weight is 528 g/mol. The molecule has 4 aromatic rings.